The predicted molar refractivity (Wildman–Crippen MR) is 109 cm³/mol. The van der Waals surface area contributed by atoms with Gasteiger partial charge in [0.15, 0.2) is 6.79 Å². The number of anilines is 1. The highest BCUT2D eigenvalue weighted by Crippen LogP contribution is 2.30. The number of nitrogens with zero attached hydrogens (tertiary/aromatic N) is 1. The molecule has 0 saturated heterocycles. The van der Waals surface area contributed by atoms with Gasteiger partial charge in [-0.15, -0.1) is 11.3 Å². The highest BCUT2D eigenvalue weighted by molar-refractivity contribution is 9.10. The molecular formula is C19H19BrN2O2S. The molecule has 1 heterocycles. The van der Waals surface area contributed by atoms with Gasteiger partial charge in [-0.25, -0.2) is 4.98 Å². The van der Waals surface area contributed by atoms with Crippen molar-refractivity contribution < 1.29 is 9.47 Å². The standard InChI is InChI=1S/C19H19BrN2O2S/c1-12-8-16-18(10-15(12)21-2)25-19(22-16)7-5-13-4-6-17(14(20)9-13)24-11-23-3/h4-10,21H,11H2,1-3H3. The average Bonchev–Trinajstić information content (AvgIpc) is 3.00. The highest BCUT2D eigenvalue weighted by Gasteiger charge is 2.06. The Hall–Kier alpha value is -1.89. The second-order valence-electron chi connectivity index (χ2n) is 5.51. The van der Waals surface area contributed by atoms with Gasteiger partial charge in [0.2, 0.25) is 0 Å². The highest BCUT2D eigenvalue weighted by atomic mass is 79.9. The van der Waals surface area contributed by atoms with Crippen molar-refractivity contribution in [1.82, 2.24) is 4.98 Å². The Morgan fingerprint density at radius 3 is 2.80 bits per heavy atom. The number of ether oxygens (including phenoxy) is 2. The molecule has 1 N–H and O–H groups in total. The predicted octanol–water partition coefficient (Wildman–Crippen LogP) is 5.56. The summed E-state index contributed by atoms with van der Waals surface area (Å²) in [4.78, 5) is 4.70. The Kier molecular flexibility index (Phi) is 5.73. The molecule has 1 aromatic heterocycles. The van der Waals surface area contributed by atoms with E-state index >= 15 is 0 Å². The van der Waals surface area contributed by atoms with Gasteiger partial charge in [-0.2, -0.15) is 0 Å². The van der Waals surface area contributed by atoms with Crippen molar-refractivity contribution in [2.75, 3.05) is 26.3 Å². The lowest BCUT2D eigenvalue weighted by molar-refractivity contribution is 0.0506. The molecular weight excluding hydrogens is 400 g/mol. The number of benzene rings is 2. The van der Waals surface area contributed by atoms with Crippen LogP contribution < -0.4 is 10.1 Å². The zero-order valence-corrected chi connectivity index (χ0v) is 16.7. The summed E-state index contributed by atoms with van der Waals surface area (Å²) in [7, 11) is 3.54. The summed E-state index contributed by atoms with van der Waals surface area (Å²) in [5.41, 5.74) is 4.45. The van der Waals surface area contributed by atoms with E-state index < -0.39 is 0 Å². The second-order valence-corrected chi connectivity index (χ2v) is 7.43. The number of nitrogens with one attached hydrogen (secondary N) is 1. The van der Waals surface area contributed by atoms with E-state index in [1.807, 2.05) is 31.3 Å². The van der Waals surface area contributed by atoms with Crippen molar-refractivity contribution in [3.8, 4) is 5.75 Å². The second kappa shape index (κ2) is 7.99. The molecule has 0 aliphatic carbocycles. The van der Waals surface area contributed by atoms with Crippen molar-refractivity contribution in [1.29, 1.82) is 0 Å². The van der Waals surface area contributed by atoms with Crippen LogP contribution in [0.2, 0.25) is 0 Å². The molecule has 3 aromatic rings. The van der Waals surface area contributed by atoms with Crippen molar-refractivity contribution in [2.24, 2.45) is 0 Å². The molecule has 0 amide bonds. The van der Waals surface area contributed by atoms with E-state index in [0.29, 0.717) is 0 Å². The topological polar surface area (TPSA) is 43.4 Å². The van der Waals surface area contributed by atoms with Gasteiger partial charge < -0.3 is 14.8 Å². The monoisotopic (exact) mass is 418 g/mol. The molecule has 0 spiro atoms. The SMILES string of the molecule is CNc1cc2sc(C=Cc3ccc(OCOC)c(Br)c3)nc2cc1C. The third-order valence-electron chi connectivity index (χ3n) is 3.73. The molecule has 4 nitrogen and oxygen atoms in total. The molecule has 0 unspecified atom stereocenters. The van der Waals surface area contributed by atoms with Crippen molar-refractivity contribution in [3.05, 3.63) is 50.9 Å². The lowest BCUT2D eigenvalue weighted by atomic mass is 10.2. The fraction of sp³-hybridized carbons (Fsp3) is 0.211. The van der Waals surface area contributed by atoms with Gasteiger partial charge >= 0.3 is 0 Å². The zero-order valence-electron chi connectivity index (χ0n) is 14.3. The van der Waals surface area contributed by atoms with Crippen LogP contribution in [0.25, 0.3) is 22.4 Å². The first kappa shape index (κ1) is 17.9. The van der Waals surface area contributed by atoms with Gasteiger partial charge in [-0.05, 0) is 64.3 Å². The summed E-state index contributed by atoms with van der Waals surface area (Å²) in [6.45, 7) is 2.32. The molecule has 3 rings (SSSR count). The van der Waals surface area contributed by atoms with Crippen LogP contribution in [-0.2, 0) is 4.74 Å². The first-order chi connectivity index (χ1) is 12.1. The number of halogens is 1. The lowest BCUT2D eigenvalue weighted by Gasteiger charge is -2.07. The van der Waals surface area contributed by atoms with Crippen LogP contribution in [0.5, 0.6) is 5.75 Å². The van der Waals surface area contributed by atoms with Gasteiger partial charge in [0.25, 0.3) is 0 Å². The molecule has 0 aliphatic heterocycles. The molecule has 25 heavy (non-hydrogen) atoms. The summed E-state index contributed by atoms with van der Waals surface area (Å²) in [6.07, 6.45) is 4.09. The number of aryl methyl sites for hydroxylation is 1. The Balaban J connectivity index is 1.82. The average molecular weight is 419 g/mol. The summed E-state index contributed by atoms with van der Waals surface area (Å²) >= 11 is 5.20. The summed E-state index contributed by atoms with van der Waals surface area (Å²) in [6, 6.07) is 10.2. The largest absolute Gasteiger partial charge is 0.466 e. The van der Waals surface area contributed by atoms with Crippen LogP contribution in [0, 0.1) is 6.92 Å². The zero-order chi connectivity index (χ0) is 17.8. The first-order valence-electron chi connectivity index (χ1n) is 7.79. The van der Waals surface area contributed by atoms with E-state index in [1.54, 1.807) is 18.4 Å². The molecule has 6 heteroatoms. The maximum absolute atomic E-state index is 5.47. The van der Waals surface area contributed by atoms with E-state index in [-0.39, 0.29) is 6.79 Å². The number of hydrogen-bond acceptors (Lipinski definition) is 5. The van der Waals surface area contributed by atoms with Crippen LogP contribution in [0.1, 0.15) is 16.1 Å². The Bertz CT molecular complexity index is 921. The Labute approximate surface area is 159 Å². The van der Waals surface area contributed by atoms with Gasteiger partial charge in [0, 0.05) is 19.8 Å². The minimum atomic E-state index is 0.230. The van der Waals surface area contributed by atoms with Gasteiger partial charge in [0.1, 0.15) is 10.8 Å². The number of rotatable bonds is 6. The fourth-order valence-electron chi connectivity index (χ4n) is 2.46. The molecule has 130 valence electrons. The van der Waals surface area contributed by atoms with Crippen molar-refractivity contribution in [3.63, 3.8) is 0 Å². The number of methoxy groups -OCH3 is 1. The van der Waals surface area contributed by atoms with Gasteiger partial charge in [0.05, 0.1) is 14.7 Å². The molecule has 0 atom stereocenters. The smallest absolute Gasteiger partial charge is 0.188 e. The summed E-state index contributed by atoms with van der Waals surface area (Å²) in [5.74, 6) is 0.758. The lowest BCUT2D eigenvalue weighted by Crippen LogP contribution is -1.99. The number of hydrogen-bond donors (Lipinski definition) is 1. The maximum Gasteiger partial charge on any atom is 0.188 e. The Morgan fingerprint density at radius 1 is 1.24 bits per heavy atom. The normalized spacial score (nSPS) is 11.4. The van der Waals surface area contributed by atoms with E-state index in [1.165, 1.54) is 10.3 Å². The Morgan fingerprint density at radius 2 is 2.08 bits per heavy atom. The third-order valence-corrected chi connectivity index (χ3v) is 5.33. The minimum absolute atomic E-state index is 0.230. The van der Waals surface area contributed by atoms with Crippen LogP contribution >= 0.6 is 27.3 Å². The molecule has 0 aliphatic rings. The fourth-order valence-corrected chi connectivity index (χ4v) is 3.87. The molecule has 0 bridgehead atoms. The van der Waals surface area contributed by atoms with Gasteiger partial charge in [-0.1, -0.05) is 12.1 Å². The third kappa shape index (κ3) is 4.21. The van der Waals surface area contributed by atoms with Crippen molar-refractivity contribution >= 4 is 55.3 Å². The number of thiazole rings is 1. The van der Waals surface area contributed by atoms with E-state index in [0.717, 1.165) is 32.0 Å². The quantitative estimate of drug-likeness (QED) is 0.531. The molecule has 2 aromatic carbocycles. The van der Waals surface area contributed by atoms with E-state index in [2.05, 4.69) is 46.4 Å². The number of fused-ring (bicyclic) bond motifs is 1. The summed E-state index contributed by atoms with van der Waals surface area (Å²) in [5, 5.41) is 4.20. The van der Waals surface area contributed by atoms with Crippen LogP contribution in [-0.4, -0.2) is 25.9 Å². The van der Waals surface area contributed by atoms with E-state index in [9.17, 15) is 0 Å². The molecule has 0 radical (unpaired) electrons. The van der Waals surface area contributed by atoms with Gasteiger partial charge in [-0.3, -0.25) is 0 Å². The van der Waals surface area contributed by atoms with Crippen LogP contribution in [0.4, 0.5) is 5.69 Å². The molecule has 0 saturated carbocycles. The van der Waals surface area contributed by atoms with Crippen molar-refractivity contribution in [2.45, 2.75) is 6.92 Å². The number of aromatic nitrogens is 1. The maximum atomic E-state index is 5.47. The minimum Gasteiger partial charge on any atom is -0.466 e. The van der Waals surface area contributed by atoms with Crippen LogP contribution in [0.15, 0.2) is 34.8 Å². The van der Waals surface area contributed by atoms with E-state index in [4.69, 9.17) is 14.5 Å². The first-order valence-corrected chi connectivity index (χ1v) is 9.40. The van der Waals surface area contributed by atoms with Crippen LogP contribution in [0.3, 0.4) is 0 Å². The summed E-state index contributed by atoms with van der Waals surface area (Å²) < 4.78 is 12.5. The molecule has 0 fully saturated rings.